The van der Waals surface area contributed by atoms with Gasteiger partial charge in [-0.25, -0.2) is 0 Å². The molecule has 5 heteroatoms. The fourth-order valence-corrected chi connectivity index (χ4v) is 1.14. The van der Waals surface area contributed by atoms with E-state index in [0.717, 1.165) is 0 Å². The van der Waals surface area contributed by atoms with Crippen molar-refractivity contribution in [2.24, 2.45) is 0 Å². The second-order valence-electron chi connectivity index (χ2n) is 3.02. The third-order valence-electron chi connectivity index (χ3n) is 1.94. The molecule has 0 bridgehead atoms. The van der Waals surface area contributed by atoms with Gasteiger partial charge in [-0.3, -0.25) is 10.1 Å². The van der Waals surface area contributed by atoms with Crippen molar-refractivity contribution >= 4 is 5.69 Å². The number of nitro benzene ring substituents is 1. The molecule has 0 amide bonds. The summed E-state index contributed by atoms with van der Waals surface area (Å²) in [5.74, 6) is 0.741. The topological polar surface area (TPSA) is 61.6 Å². The predicted octanol–water partition coefficient (Wildman–Crippen LogP) is 2.56. The number of nitrogens with zero attached hydrogens (tertiary/aromatic N) is 1. The second kappa shape index (κ2) is 5.75. The minimum absolute atomic E-state index is 0.0649. The van der Waals surface area contributed by atoms with Crippen molar-refractivity contribution in [2.45, 2.75) is 6.42 Å². The highest BCUT2D eigenvalue weighted by Gasteiger charge is 2.15. The highest BCUT2D eigenvalue weighted by atomic mass is 16.6. The third-order valence-corrected chi connectivity index (χ3v) is 1.94. The molecule has 1 aromatic carbocycles. The van der Waals surface area contributed by atoms with Crippen molar-refractivity contribution in [1.29, 1.82) is 0 Å². The zero-order valence-corrected chi connectivity index (χ0v) is 9.01. The number of methoxy groups -OCH3 is 1. The van der Waals surface area contributed by atoms with Crippen molar-refractivity contribution in [3.8, 4) is 11.5 Å². The maximum absolute atomic E-state index is 10.7. The quantitative estimate of drug-likeness (QED) is 0.322. The summed E-state index contributed by atoms with van der Waals surface area (Å²) in [5.41, 5.74) is -0.0649. The van der Waals surface area contributed by atoms with Crippen LogP contribution in [-0.4, -0.2) is 18.6 Å². The van der Waals surface area contributed by atoms with Crippen LogP contribution in [0.4, 0.5) is 5.69 Å². The standard InChI is InChI=1S/C11H13NO4/c1-3-4-7-16-11-8-9(15-2)5-6-10(11)12(13)14/h3,5-6,8H,1,4,7H2,2H3. The first-order chi connectivity index (χ1) is 7.69. The molecule has 0 aliphatic rings. The van der Waals surface area contributed by atoms with Crippen molar-refractivity contribution in [3.05, 3.63) is 41.0 Å². The Kier molecular flexibility index (Phi) is 4.32. The van der Waals surface area contributed by atoms with Gasteiger partial charge in [-0.05, 0) is 12.5 Å². The Balaban J connectivity index is 2.91. The van der Waals surface area contributed by atoms with Crippen LogP contribution in [0.25, 0.3) is 0 Å². The molecule has 1 rings (SSSR count). The number of hydrogen-bond acceptors (Lipinski definition) is 4. The van der Waals surface area contributed by atoms with Gasteiger partial charge in [-0.1, -0.05) is 6.08 Å². The zero-order chi connectivity index (χ0) is 12.0. The Bertz CT molecular complexity index is 390. The highest BCUT2D eigenvalue weighted by molar-refractivity contribution is 5.50. The fourth-order valence-electron chi connectivity index (χ4n) is 1.14. The highest BCUT2D eigenvalue weighted by Crippen LogP contribution is 2.31. The van der Waals surface area contributed by atoms with Crippen LogP contribution < -0.4 is 9.47 Å². The molecule has 0 heterocycles. The van der Waals surface area contributed by atoms with E-state index in [1.807, 2.05) is 0 Å². The number of benzene rings is 1. The lowest BCUT2D eigenvalue weighted by atomic mass is 10.3. The molecule has 0 radical (unpaired) electrons. The van der Waals surface area contributed by atoms with E-state index < -0.39 is 4.92 Å². The molecule has 0 atom stereocenters. The maximum atomic E-state index is 10.7. The van der Waals surface area contributed by atoms with Gasteiger partial charge in [0.15, 0.2) is 0 Å². The molecule has 0 saturated carbocycles. The first-order valence-electron chi connectivity index (χ1n) is 4.75. The smallest absolute Gasteiger partial charge is 0.311 e. The molecule has 0 aliphatic carbocycles. The molecule has 86 valence electrons. The van der Waals surface area contributed by atoms with Gasteiger partial charge in [0.05, 0.1) is 18.6 Å². The average molecular weight is 223 g/mol. The van der Waals surface area contributed by atoms with Crippen molar-refractivity contribution in [2.75, 3.05) is 13.7 Å². The van der Waals surface area contributed by atoms with E-state index in [4.69, 9.17) is 9.47 Å². The van der Waals surface area contributed by atoms with Crippen LogP contribution in [0, 0.1) is 10.1 Å². The fraction of sp³-hybridized carbons (Fsp3) is 0.273. The van der Waals surface area contributed by atoms with Crippen LogP contribution in [0.15, 0.2) is 30.9 Å². The van der Waals surface area contributed by atoms with Gasteiger partial charge in [-0.15, -0.1) is 6.58 Å². The Morgan fingerprint density at radius 3 is 2.88 bits per heavy atom. The molecule has 0 aromatic heterocycles. The first kappa shape index (κ1) is 12.0. The number of hydrogen-bond donors (Lipinski definition) is 0. The van der Waals surface area contributed by atoms with Crippen LogP contribution in [-0.2, 0) is 0 Å². The number of nitro groups is 1. The van der Waals surface area contributed by atoms with E-state index in [1.165, 1.54) is 25.3 Å². The Labute approximate surface area is 93.4 Å². The molecule has 5 nitrogen and oxygen atoms in total. The molecule has 0 aliphatic heterocycles. The van der Waals surface area contributed by atoms with E-state index in [-0.39, 0.29) is 11.4 Å². The Hall–Kier alpha value is -2.04. The van der Waals surface area contributed by atoms with E-state index in [9.17, 15) is 10.1 Å². The average Bonchev–Trinajstić information content (AvgIpc) is 2.29. The third kappa shape index (κ3) is 2.98. The maximum Gasteiger partial charge on any atom is 0.311 e. The first-order valence-corrected chi connectivity index (χ1v) is 4.75. The molecular weight excluding hydrogens is 210 g/mol. The van der Waals surface area contributed by atoms with Gasteiger partial charge >= 0.3 is 5.69 Å². The SMILES string of the molecule is C=CCCOc1cc(OC)ccc1[N+](=O)[O-]. The Morgan fingerprint density at radius 1 is 1.56 bits per heavy atom. The second-order valence-corrected chi connectivity index (χ2v) is 3.02. The van der Waals surface area contributed by atoms with Gasteiger partial charge in [0.25, 0.3) is 0 Å². The van der Waals surface area contributed by atoms with Gasteiger partial charge in [0.1, 0.15) is 5.75 Å². The van der Waals surface area contributed by atoms with E-state index in [2.05, 4.69) is 6.58 Å². The molecule has 0 fully saturated rings. The van der Waals surface area contributed by atoms with Crippen LogP contribution in [0.5, 0.6) is 11.5 Å². The molecule has 16 heavy (non-hydrogen) atoms. The predicted molar refractivity (Wildman–Crippen MR) is 60.0 cm³/mol. The summed E-state index contributed by atoms with van der Waals surface area (Å²) in [6.07, 6.45) is 2.32. The summed E-state index contributed by atoms with van der Waals surface area (Å²) in [4.78, 5) is 10.2. The summed E-state index contributed by atoms with van der Waals surface area (Å²) < 4.78 is 10.3. The van der Waals surface area contributed by atoms with Crippen LogP contribution in [0.2, 0.25) is 0 Å². The van der Waals surface area contributed by atoms with E-state index in [1.54, 1.807) is 6.08 Å². The minimum Gasteiger partial charge on any atom is -0.497 e. The lowest BCUT2D eigenvalue weighted by molar-refractivity contribution is -0.385. The summed E-state index contributed by atoms with van der Waals surface area (Å²) in [5, 5.41) is 10.7. The van der Waals surface area contributed by atoms with Crippen LogP contribution >= 0.6 is 0 Å². The normalized spacial score (nSPS) is 9.56. The largest absolute Gasteiger partial charge is 0.497 e. The van der Waals surface area contributed by atoms with Gasteiger partial charge in [0.2, 0.25) is 5.75 Å². The van der Waals surface area contributed by atoms with E-state index >= 15 is 0 Å². The molecule has 0 N–H and O–H groups in total. The lowest BCUT2D eigenvalue weighted by Crippen LogP contribution is -2.00. The molecule has 0 saturated heterocycles. The molecular formula is C11H13NO4. The summed E-state index contributed by atoms with van der Waals surface area (Å²) >= 11 is 0. The van der Waals surface area contributed by atoms with Crippen LogP contribution in [0.1, 0.15) is 6.42 Å². The van der Waals surface area contributed by atoms with Gasteiger partial charge in [-0.2, -0.15) is 0 Å². The zero-order valence-electron chi connectivity index (χ0n) is 9.01. The summed E-state index contributed by atoms with van der Waals surface area (Å²) in [7, 11) is 1.49. The number of ether oxygens (including phenoxy) is 2. The van der Waals surface area contributed by atoms with Crippen molar-refractivity contribution in [3.63, 3.8) is 0 Å². The van der Waals surface area contributed by atoms with Crippen molar-refractivity contribution in [1.82, 2.24) is 0 Å². The molecule has 1 aromatic rings. The Morgan fingerprint density at radius 2 is 2.31 bits per heavy atom. The van der Waals surface area contributed by atoms with Crippen molar-refractivity contribution < 1.29 is 14.4 Å². The minimum atomic E-state index is -0.483. The monoisotopic (exact) mass is 223 g/mol. The van der Waals surface area contributed by atoms with Gasteiger partial charge in [0, 0.05) is 12.1 Å². The molecule has 0 spiro atoms. The van der Waals surface area contributed by atoms with Crippen LogP contribution in [0.3, 0.4) is 0 Å². The summed E-state index contributed by atoms with van der Waals surface area (Å²) in [6, 6.07) is 4.39. The molecule has 0 unspecified atom stereocenters. The number of rotatable bonds is 6. The summed E-state index contributed by atoms with van der Waals surface area (Å²) in [6.45, 7) is 3.90. The van der Waals surface area contributed by atoms with Gasteiger partial charge < -0.3 is 9.47 Å². The lowest BCUT2D eigenvalue weighted by Gasteiger charge is -2.07. The van der Waals surface area contributed by atoms with E-state index in [0.29, 0.717) is 18.8 Å².